The lowest BCUT2D eigenvalue weighted by Crippen LogP contribution is -2.00. The van der Waals surface area contributed by atoms with Crippen LogP contribution >= 0.6 is 0 Å². The number of hydrogen-bond donors (Lipinski definition) is 6. The average molecular weight is 951 g/mol. The Morgan fingerprint density at radius 3 is 1.19 bits per heavy atom. The third kappa shape index (κ3) is 14.6. The minimum absolute atomic E-state index is 0.0389. The van der Waals surface area contributed by atoms with Crippen molar-refractivity contribution in [1.29, 1.82) is 0 Å². The van der Waals surface area contributed by atoms with Gasteiger partial charge in [0.25, 0.3) is 20.2 Å². The van der Waals surface area contributed by atoms with Gasteiger partial charge in [0.2, 0.25) is 0 Å². The monoisotopic (exact) mass is 950 g/mol. The second-order valence-corrected chi connectivity index (χ2v) is 15.7. The number of rotatable bonds is 11. The summed E-state index contributed by atoms with van der Waals surface area (Å²) in [5.41, 5.74) is 27.3. The zero-order valence-electron chi connectivity index (χ0n) is 32.0. The third-order valence-electron chi connectivity index (χ3n) is 7.76. The maximum absolute atomic E-state index is 12.5. The quantitative estimate of drug-likeness (QED) is 0.0409. The first-order valence-corrected chi connectivity index (χ1v) is 21.9. The van der Waals surface area contributed by atoms with Gasteiger partial charge < -0.3 is 22.9 Å². The predicted octanol–water partition coefficient (Wildman–Crippen LogP) is 7.83. The van der Waals surface area contributed by atoms with Crippen molar-refractivity contribution in [3.8, 4) is 11.1 Å². The van der Waals surface area contributed by atoms with E-state index >= 15 is 0 Å². The van der Waals surface area contributed by atoms with Gasteiger partial charge in [-0.1, -0.05) is 48.5 Å². The fourth-order valence-electron chi connectivity index (χ4n) is 5.00. The van der Waals surface area contributed by atoms with E-state index in [2.05, 4.69) is 40.9 Å². The molecule has 6 aromatic carbocycles. The molecule has 64 heavy (non-hydrogen) atoms. The van der Waals surface area contributed by atoms with E-state index in [0.29, 0.717) is 34.0 Å². The number of benzene rings is 6. The van der Waals surface area contributed by atoms with Gasteiger partial charge in [0.15, 0.2) is 0 Å². The maximum atomic E-state index is 12.5. The molecule has 0 saturated heterocycles. The Balaban J connectivity index is 0.00000104. The highest BCUT2D eigenvalue weighted by molar-refractivity contribution is 7.86. The van der Waals surface area contributed by atoms with Gasteiger partial charge in [-0.15, -0.1) is 50.8 Å². The van der Waals surface area contributed by atoms with E-state index in [1.807, 2.05) is 18.2 Å². The molecule has 0 saturated carbocycles. The Hall–Kier alpha value is -8.02. The minimum Gasteiger partial charge on any atom is -0.397 e. The van der Waals surface area contributed by atoms with Crippen LogP contribution in [0.3, 0.4) is 0 Å². The van der Waals surface area contributed by atoms with Gasteiger partial charge in [-0.2, -0.15) is 32.2 Å². The van der Waals surface area contributed by atoms with Gasteiger partial charge in [-0.05, 0) is 78.4 Å². The summed E-state index contributed by atoms with van der Waals surface area (Å²) in [7, 11) is -15.6. The summed E-state index contributed by atoms with van der Waals surface area (Å²) in [6, 6.07) is 30.6. The number of azo groups is 4. The van der Waals surface area contributed by atoms with Crippen LogP contribution in [0.2, 0.25) is 0 Å². The Labute approximate surface area is 365 Å². The summed E-state index contributed by atoms with van der Waals surface area (Å²) in [6.45, 7) is 0. The number of nitrogens with zero attached hydrogens (tertiary/aromatic N) is 8. The number of nitrogens with two attached hydrogens (primary N) is 4. The van der Waals surface area contributed by atoms with Crippen molar-refractivity contribution in [3.05, 3.63) is 121 Å². The number of hydrogen-bond acceptors (Lipinski definition) is 22. The topological polar surface area (TPSA) is 414 Å². The maximum Gasteiger partial charge on any atom is 0.425 e. The molecule has 0 aliphatic carbocycles. The molecular weight excluding hydrogens is 921 g/mol. The zero-order valence-corrected chi connectivity index (χ0v) is 35.3. The average Bonchev–Trinajstić information content (AvgIpc) is 3.22. The Bertz CT molecular complexity index is 3250. The van der Waals surface area contributed by atoms with E-state index in [1.165, 1.54) is 48.5 Å². The van der Waals surface area contributed by atoms with Crippen LogP contribution in [0.5, 0.6) is 0 Å². The van der Waals surface area contributed by atoms with Gasteiger partial charge in [-0.3, -0.25) is 9.11 Å². The summed E-state index contributed by atoms with van der Waals surface area (Å²) in [5, 5.41) is 32.9. The van der Waals surface area contributed by atoms with E-state index in [9.17, 15) is 25.9 Å². The molecule has 0 heterocycles. The summed E-state index contributed by atoms with van der Waals surface area (Å²) in [4.78, 5) is -0.914. The van der Waals surface area contributed by atoms with Gasteiger partial charge in [0, 0.05) is 5.56 Å². The van der Waals surface area contributed by atoms with Crippen molar-refractivity contribution in [1.82, 2.24) is 0 Å². The van der Waals surface area contributed by atoms with Crippen LogP contribution in [0.15, 0.2) is 172 Å². The first-order chi connectivity index (χ1) is 30.1. The summed E-state index contributed by atoms with van der Waals surface area (Å²) < 4.78 is 119. The standard InChI is InChI=1S/C36H30N12O6S2.2O3S/c37-26-17-27(38)32(19-31(26)45-41-22-6-2-1-3-7-22)46-42-23-12-10-21(11-13-23)25-15-14-24(16-36(25)56(52,53)54)43-47-33-20-34(29(40)18-28(33)39)48-44-30-8-4-5-9-35(30)55(49,50)51;2*1-4(2)3/h1-20H,37-40H2,(H,49,50,51)(H,52,53,54);;. The highest BCUT2D eigenvalue weighted by Gasteiger charge is 2.19. The number of nitrogen functional groups attached to an aromatic ring is 4. The number of anilines is 4. The van der Waals surface area contributed by atoms with E-state index in [0.717, 1.165) is 12.1 Å². The van der Waals surface area contributed by atoms with E-state index in [1.54, 1.807) is 42.5 Å². The highest BCUT2D eigenvalue weighted by atomic mass is 32.2. The largest absolute Gasteiger partial charge is 0.425 e. The molecule has 0 fully saturated rings. The van der Waals surface area contributed by atoms with E-state index in [-0.39, 0.29) is 45.4 Å². The third-order valence-corrected chi connectivity index (χ3v) is 9.55. The molecule has 0 aromatic heterocycles. The fourth-order valence-corrected chi connectivity index (χ4v) is 6.35. The van der Waals surface area contributed by atoms with Crippen LogP contribution in [0.25, 0.3) is 11.1 Å². The molecule has 0 bridgehead atoms. The van der Waals surface area contributed by atoms with Gasteiger partial charge in [0.1, 0.15) is 38.2 Å². The Morgan fingerprint density at radius 1 is 0.375 bits per heavy atom. The predicted molar refractivity (Wildman–Crippen MR) is 231 cm³/mol. The normalized spacial score (nSPS) is 11.6. The van der Waals surface area contributed by atoms with Crippen LogP contribution in [0.4, 0.5) is 68.2 Å². The lowest BCUT2D eigenvalue weighted by Gasteiger charge is -2.09. The van der Waals surface area contributed by atoms with Crippen LogP contribution in [0.1, 0.15) is 0 Å². The van der Waals surface area contributed by atoms with Crippen LogP contribution in [-0.4, -0.2) is 51.2 Å². The van der Waals surface area contributed by atoms with Crippen molar-refractivity contribution >= 4 is 110 Å². The highest BCUT2D eigenvalue weighted by Crippen LogP contribution is 2.38. The smallest absolute Gasteiger partial charge is 0.397 e. The zero-order chi connectivity index (χ0) is 47.2. The molecule has 0 unspecified atom stereocenters. The molecule has 28 heteroatoms. The second-order valence-electron chi connectivity index (χ2n) is 12.1. The molecule has 6 rings (SSSR count). The van der Waals surface area contributed by atoms with Crippen LogP contribution in [-0.2, 0) is 41.5 Å². The van der Waals surface area contributed by atoms with Crippen molar-refractivity contribution < 1.29 is 51.2 Å². The molecule has 0 aliphatic rings. The summed E-state index contributed by atoms with van der Waals surface area (Å²) in [5.74, 6) is 0. The first-order valence-electron chi connectivity index (χ1n) is 17.0. The van der Waals surface area contributed by atoms with Crippen molar-refractivity contribution in [2.45, 2.75) is 9.79 Å². The molecule has 0 spiro atoms. The fraction of sp³-hybridized carbons (Fsp3) is 0. The van der Waals surface area contributed by atoms with Crippen molar-refractivity contribution in [2.24, 2.45) is 40.9 Å². The van der Waals surface area contributed by atoms with Crippen molar-refractivity contribution in [3.63, 3.8) is 0 Å². The SMILES string of the molecule is Nc1cc(N)c(N=Nc2ccc(-c3ccc(N=Nc4cc(N=Nc5ccccc5S(=O)(=O)O)c(N)cc4N)cc3S(=O)(=O)O)cc2)cc1N=Nc1ccccc1.O=S(=O)=O.O=S(=O)=O. The Kier molecular flexibility index (Phi) is 16.5. The molecule has 6 aromatic rings. The van der Waals surface area contributed by atoms with Gasteiger partial charge in [-0.25, -0.2) is 0 Å². The van der Waals surface area contributed by atoms with Crippen LogP contribution in [0, 0.1) is 0 Å². The molecule has 0 aliphatic heterocycles. The Morgan fingerprint density at radius 2 is 0.734 bits per heavy atom. The van der Waals surface area contributed by atoms with E-state index < -0.39 is 51.2 Å². The summed E-state index contributed by atoms with van der Waals surface area (Å²) >= 11 is 0. The minimum atomic E-state index is -4.76. The molecule has 0 radical (unpaired) electrons. The van der Waals surface area contributed by atoms with Crippen LogP contribution < -0.4 is 22.9 Å². The molecule has 330 valence electrons. The van der Waals surface area contributed by atoms with Crippen molar-refractivity contribution in [2.75, 3.05) is 22.9 Å². The lowest BCUT2D eigenvalue weighted by atomic mass is 10.0. The van der Waals surface area contributed by atoms with Gasteiger partial charge in [0.05, 0.1) is 39.8 Å². The molecule has 0 atom stereocenters. The molecule has 24 nitrogen and oxygen atoms in total. The second kappa shape index (κ2) is 21.7. The van der Waals surface area contributed by atoms with E-state index in [4.69, 9.17) is 48.2 Å². The molecule has 10 N–H and O–H groups in total. The lowest BCUT2D eigenvalue weighted by molar-refractivity contribution is 0.481. The molecule has 0 amide bonds. The first kappa shape index (κ1) is 48.6. The van der Waals surface area contributed by atoms with Gasteiger partial charge >= 0.3 is 21.2 Å². The molecular formula is C36H30N12O12S4. The summed E-state index contributed by atoms with van der Waals surface area (Å²) in [6.07, 6.45) is 0.